The lowest BCUT2D eigenvalue weighted by Gasteiger charge is -2.06. The van der Waals surface area contributed by atoms with Crippen molar-refractivity contribution >= 4 is 11.2 Å². The van der Waals surface area contributed by atoms with E-state index in [1.54, 1.807) is 25.4 Å². The van der Waals surface area contributed by atoms with Gasteiger partial charge in [0.15, 0.2) is 5.65 Å². The molecule has 0 bridgehead atoms. The third-order valence-corrected chi connectivity index (χ3v) is 3.76. The van der Waals surface area contributed by atoms with Crippen molar-refractivity contribution in [1.29, 1.82) is 0 Å². The molecule has 6 heteroatoms. The number of benzene rings is 2. The molecule has 0 saturated heterocycles. The molecular formula is C18H13FN4O. The van der Waals surface area contributed by atoms with Crippen LogP contribution in [0.15, 0.2) is 54.7 Å². The molecule has 0 aliphatic carbocycles. The molecule has 0 amide bonds. The van der Waals surface area contributed by atoms with Crippen LogP contribution < -0.4 is 4.74 Å². The number of ether oxygens (including phenoxy) is 1. The summed E-state index contributed by atoms with van der Waals surface area (Å²) in [7, 11) is 1.61. The minimum Gasteiger partial charge on any atom is -0.496 e. The predicted molar refractivity (Wildman–Crippen MR) is 89.1 cm³/mol. The molecule has 0 radical (unpaired) electrons. The van der Waals surface area contributed by atoms with Gasteiger partial charge in [0.05, 0.1) is 24.7 Å². The lowest BCUT2D eigenvalue weighted by Crippen LogP contribution is -1.91. The number of methoxy groups -OCH3 is 1. The van der Waals surface area contributed by atoms with Gasteiger partial charge in [-0.1, -0.05) is 24.3 Å². The highest BCUT2D eigenvalue weighted by atomic mass is 19.1. The number of aromatic nitrogens is 4. The molecule has 2 aromatic carbocycles. The van der Waals surface area contributed by atoms with Crippen LogP contribution in [0.2, 0.25) is 0 Å². The Morgan fingerprint density at radius 3 is 2.79 bits per heavy atom. The summed E-state index contributed by atoms with van der Waals surface area (Å²) in [5, 5.41) is 7.16. The summed E-state index contributed by atoms with van der Waals surface area (Å²) in [4.78, 5) is 8.94. The number of nitrogens with zero attached hydrogens (tertiary/aromatic N) is 3. The van der Waals surface area contributed by atoms with Gasteiger partial charge in [-0.3, -0.25) is 5.10 Å². The van der Waals surface area contributed by atoms with Crippen LogP contribution in [0.25, 0.3) is 33.7 Å². The SMILES string of the molecule is COc1ccccc1-c1[nH]nc2ncc(-c3cccc(F)c3)nc12. The minimum atomic E-state index is -0.313. The second kappa shape index (κ2) is 5.73. The van der Waals surface area contributed by atoms with E-state index in [9.17, 15) is 4.39 Å². The molecule has 0 fully saturated rings. The van der Waals surface area contributed by atoms with Crippen LogP contribution >= 0.6 is 0 Å². The van der Waals surface area contributed by atoms with E-state index in [0.29, 0.717) is 33.9 Å². The Kier molecular flexibility index (Phi) is 3.42. The molecule has 0 spiro atoms. The van der Waals surface area contributed by atoms with E-state index in [0.717, 1.165) is 5.56 Å². The number of fused-ring (bicyclic) bond motifs is 1. The predicted octanol–water partition coefficient (Wildman–Crippen LogP) is 3.83. The summed E-state index contributed by atoms with van der Waals surface area (Å²) in [6.45, 7) is 0. The molecule has 2 heterocycles. The highest BCUT2D eigenvalue weighted by molar-refractivity contribution is 5.90. The Balaban J connectivity index is 1.91. The van der Waals surface area contributed by atoms with Crippen LogP contribution in [0.3, 0.4) is 0 Å². The van der Waals surface area contributed by atoms with Gasteiger partial charge in [0.1, 0.15) is 17.1 Å². The minimum absolute atomic E-state index is 0.313. The Morgan fingerprint density at radius 2 is 1.96 bits per heavy atom. The van der Waals surface area contributed by atoms with Gasteiger partial charge in [0.2, 0.25) is 0 Å². The van der Waals surface area contributed by atoms with E-state index >= 15 is 0 Å². The molecule has 4 rings (SSSR count). The van der Waals surface area contributed by atoms with E-state index in [1.807, 2.05) is 24.3 Å². The van der Waals surface area contributed by atoms with Crippen LogP contribution in [0.1, 0.15) is 0 Å². The number of rotatable bonds is 3. The maximum absolute atomic E-state index is 13.5. The summed E-state index contributed by atoms with van der Waals surface area (Å²) >= 11 is 0. The maximum atomic E-state index is 13.5. The van der Waals surface area contributed by atoms with E-state index < -0.39 is 0 Å². The van der Waals surface area contributed by atoms with E-state index in [2.05, 4.69) is 20.2 Å². The van der Waals surface area contributed by atoms with Crippen molar-refractivity contribution in [3.8, 4) is 28.3 Å². The number of hydrogen-bond donors (Lipinski definition) is 1. The van der Waals surface area contributed by atoms with Gasteiger partial charge in [-0.2, -0.15) is 5.10 Å². The van der Waals surface area contributed by atoms with E-state index in [-0.39, 0.29) is 5.82 Å². The zero-order chi connectivity index (χ0) is 16.5. The van der Waals surface area contributed by atoms with Crippen LogP contribution in [0, 0.1) is 5.82 Å². The van der Waals surface area contributed by atoms with Crippen LogP contribution in [0.4, 0.5) is 4.39 Å². The Hall–Kier alpha value is -3.28. The number of hydrogen-bond acceptors (Lipinski definition) is 4. The lowest BCUT2D eigenvalue weighted by molar-refractivity contribution is 0.416. The molecule has 4 aromatic rings. The third-order valence-electron chi connectivity index (χ3n) is 3.76. The van der Waals surface area contributed by atoms with Gasteiger partial charge in [-0.25, -0.2) is 14.4 Å². The molecule has 118 valence electrons. The molecule has 5 nitrogen and oxygen atoms in total. The van der Waals surface area contributed by atoms with Crippen molar-refractivity contribution in [1.82, 2.24) is 20.2 Å². The highest BCUT2D eigenvalue weighted by Gasteiger charge is 2.15. The molecule has 0 saturated carbocycles. The van der Waals surface area contributed by atoms with Crippen molar-refractivity contribution < 1.29 is 9.13 Å². The fraction of sp³-hybridized carbons (Fsp3) is 0.0556. The molecule has 0 aliphatic rings. The monoisotopic (exact) mass is 320 g/mol. The molecule has 0 aliphatic heterocycles. The standard InChI is InChI=1S/C18H13FN4O/c1-24-15-8-3-2-7-13(15)16-17-18(23-22-16)20-10-14(21-17)11-5-4-6-12(19)9-11/h2-10H,1H3,(H,20,22,23). The second-order valence-electron chi connectivity index (χ2n) is 5.24. The van der Waals surface area contributed by atoms with Crippen molar-refractivity contribution in [2.45, 2.75) is 0 Å². The quantitative estimate of drug-likeness (QED) is 0.623. The average Bonchev–Trinajstić information content (AvgIpc) is 3.04. The summed E-state index contributed by atoms with van der Waals surface area (Å²) in [5.41, 5.74) is 3.91. The summed E-state index contributed by atoms with van der Waals surface area (Å²) < 4.78 is 18.9. The molecule has 24 heavy (non-hydrogen) atoms. The summed E-state index contributed by atoms with van der Waals surface area (Å²) in [5.74, 6) is 0.396. The van der Waals surface area contributed by atoms with Gasteiger partial charge in [0.25, 0.3) is 0 Å². The first-order valence-electron chi connectivity index (χ1n) is 7.36. The van der Waals surface area contributed by atoms with Crippen molar-refractivity contribution in [2.24, 2.45) is 0 Å². The number of para-hydroxylation sites is 1. The molecule has 0 atom stereocenters. The Morgan fingerprint density at radius 1 is 1.08 bits per heavy atom. The van der Waals surface area contributed by atoms with Crippen molar-refractivity contribution in [3.63, 3.8) is 0 Å². The Labute approximate surface area is 137 Å². The first kappa shape index (κ1) is 14.3. The molecule has 1 N–H and O–H groups in total. The third kappa shape index (κ3) is 2.38. The number of halogens is 1. The van der Waals surface area contributed by atoms with Gasteiger partial charge in [-0.15, -0.1) is 0 Å². The number of nitrogens with one attached hydrogen (secondary N) is 1. The zero-order valence-electron chi connectivity index (χ0n) is 12.8. The lowest BCUT2D eigenvalue weighted by atomic mass is 10.1. The highest BCUT2D eigenvalue weighted by Crippen LogP contribution is 2.32. The largest absolute Gasteiger partial charge is 0.496 e. The van der Waals surface area contributed by atoms with Gasteiger partial charge in [0, 0.05) is 11.1 Å². The van der Waals surface area contributed by atoms with Crippen molar-refractivity contribution in [3.05, 3.63) is 60.5 Å². The van der Waals surface area contributed by atoms with Gasteiger partial charge >= 0.3 is 0 Å². The van der Waals surface area contributed by atoms with E-state index in [4.69, 9.17) is 4.74 Å². The first-order chi connectivity index (χ1) is 11.8. The molecule has 0 unspecified atom stereocenters. The smallest absolute Gasteiger partial charge is 0.200 e. The fourth-order valence-corrected chi connectivity index (χ4v) is 2.62. The van der Waals surface area contributed by atoms with Crippen LogP contribution in [0.5, 0.6) is 5.75 Å². The Bertz CT molecular complexity index is 1030. The molecule has 2 aromatic heterocycles. The zero-order valence-corrected chi connectivity index (χ0v) is 12.8. The summed E-state index contributed by atoms with van der Waals surface area (Å²) in [6, 6.07) is 13.9. The normalized spacial score (nSPS) is 10.9. The van der Waals surface area contributed by atoms with E-state index in [1.165, 1.54) is 12.1 Å². The number of aromatic amines is 1. The van der Waals surface area contributed by atoms with Crippen molar-refractivity contribution in [2.75, 3.05) is 7.11 Å². The first-order valence-corrected chi connectivity index (χ1v) is 7.36. The maximum Gasteiger partial charge on any atom is 0.200 e. The summed E-state index contributed by atoms with van der Waals surface area (Å²) in [6.07, 6.45) is 1.59. The molecular weight excluding hydrogens is 307 g/mol. The number of H-pyrrole nitrogens is 1. The van der Waals surface area contributed by atoms with Gasteiger partial charge < -0.3 is 4.74 Å². The second-order valence-corrected chi connectivity index (χ2v) is 5.24. The van der Waals surface area contributed by atoms with Gasteiger partial charge in [-0.05, 0) is 24.3 Å². The fourth-order valence-electron chi connectivity index (χ4n) is 2.62. The van der Waals surface area contributed by atoms with Crippen LogP contribution in [-0.2, 0) is 0 Å². The average molecular weight is 320 g/mol. The van der Waals surface area contributed by atoms with Crippen LogP contribution in [-0.4, -0.2) is 27.3 Å². The topological polar surface area (TPSA) is 63.7 Å².